The van der Waals surface area contributed by atoms with Gasteiger partial charge in [0.2, 0.25) is 0 Å². The fourth-order valence-electron chi connectivity index (χ4n) is 0. The van der Waals surface area contributed by atoms with Gasteiger partial charge in [-0.25, -0.2) is 0 Å². The Morgan fingerprint density at radius 3 is 2.25 bits per heavy atom. The Kier molecular flexibility index (Phi) is 4.94. The summed E-state index contributed by atoms with van der Waals surface area (Å²) < 4.78 is 2.46. The van der Waals surface area contributed by atoms with E-state index < -0.39 is 0 Å². The van der Waals surface area contributed by atoms with Gasteiger partial charge < -0.3 is 0 Å². The molecule has 0 fully saturated rings. The molecule has 0 radical (unpaired) electrons. The van der Waals surface area contributed by atoms with Crippen molar-refractivity contribution in [3.05, 3.63) is 0 Å². The topological polar surface area (TPSA) is 38.0 Å². The van der Waals surface area contributed by atoms with Gasteiger partial charge >= 0.3 is 34.5 Å². The molecule has 3 N–H and O–H groups in total. The van der Waals surface area contributed by atoms with E-state index in [0.717, 1.165) is 0 Å². The first kappa shape index (κ1) is 4.97. The van der Waals surface area contributed by atoms with Gasteiger partial charge in [-0.3, -0.25) is 0 Å². The summed E-state index contributed by atoms with van der Waals surface area (Å²) in [6, 6.07) is 0. The molecule has 0 amide bonds. The second-order valence-electron chi connectivity index (χ2n) is 0.192. The predicted molar refractivity (Wildman–Crippen MR) is 17.0 cm³/mol. The molecule has 29 valence electrons. The van der Waals surface area contributed by atoms with Crippen molar-refractivity contribution >= 4 is 7.57 Å². The average molecular weight is 167 g/mol. The molecule has 0 rings (SSSR count). The molecule has 4 heavy (non-hydrogen) atoms. The van der Waals surface area contributed by atoms with E-state index >= 15 is 0 Å². The van der Waals surface area contributed by atoms with Gasteiger partial charge in [-0.1, -0.05) is 0 Å². The van der Waals surface area contributed by atoms with Gasteiger partial charge in [0.15, 0.2) is 0 Å². The Labute approximate surface area is 35.1 Å². The van der Waals surface area contributed by atoms with E-state index in [9.17, 15) is 0 Å². The van der Waals surface area contributed by atoms with Crippen molar-refractivity contribution in [1.29, 1.82) is 0 Å². The fourth-order valence-corrected chi connectivity index (χ4v) is 0. The molecule has 0 aliphatic carbocycles. The van der Waals surface area contributed by atoms with Crippen LogP contribution in [-0.2, 0) is 16.9 Å². The third-order valence-corrected chi connectivity index (χ3v) is 0.986. The van der Waals surface area contributed by atoms with Crippen molar-refractivity contribution in [3.8, 4) is 0 Å². The van der Waals surface area contributed by atoms with E-state index in [2.05, 4.69) is 11.7 Å². The van der Waals surface area contributed by atoms with Gasteiger partial charge in [0.25, 0.3) is 0 Å². The zero-order chi connectivity index (χ0) is 3.41. The minimum absolute atomic E-state index is 0.313. The first-order valence-electron chi connectivity index (χ1n) is 0.648. The maximum atomic E-state index is 4.79. The number of rotatable bonds is 1. The van der Waals surface area contributed by atoms with Crippen LogP contribution < -0.4 is 10.0 Å². The van der Waals surface area contributed by atoms with Gasteiger partial charge in [0.05, 0.1) is 0 Å². The second-order valence-corrected chi connectivity index (χ2v) is 2.28. The molecule has 1 atom stereocenters. The van der Waals surface area contributed by atoms with Crippen molar-refractivity contribution in [2.75, 3.05) is 0 Å². The van der Waals surface area contributed by atoms with E-state index in [4.69, 9.17) is 5.84 Å². The van der Waals surface area contributed by atoms with Crippen LogP contribution in [0.5, 0.6) is 0 Å². The zero-order valence-electron chi connectivity index (χ0n) is 1.99. The van der Waals surface area contributed by atoms with Crippen molar-refractivity contribution in [2.24, 2.45) is 5.84 Å². The minimum atomic E-state index is 0.313. The third kappa shape index (κ3) is 2.97. The molecule has 0 spiro atoms. The van der Waals surface area contributed by atoms with Crippen LogP contribution in [0.1, 0.15) is 0 Å². The average Bonchev–Trinajstić information content (AvgIpc) is 1.37. The van der Waals surface area contributed by atoms with Crippen LogP contribution in [0.2, 0.25) is 0 Å². The molecule has 0 bridgehead atoms. The standard InChI is InChI=1S/H3N2.H2P.Rh/c1-2;;/h1H,2H2;1H2;/q2*-1;+2. The molecule has 0 saturated carbocycles. The Balaban J connectivity index is 1.97. The van der Waals surface area contributed by atoms with Crippen molar-refractivity contribution < 1.29 is 16.9 Å². The SMILES string of the molecule is N[NH][Rh][PH2]. The van der Waals surface area contributed by atoms with E-state index in [1.807, 2.05) is 0 Å². The summed E-state index contributed by atoms with van der Waals surface area (Å²) in [5.74, 6) is 4.79. The summed E-state index contributed by atoms with van der Waals surface area (Å²) in [6.45, 7) is 0. The summed E-state index contributed by atoms with van der Waals surface area (Å²) in [6.07, 6.45) is 0. The van der Waals surface area contributed by atoms with Crippen molar-refractivity contribution in [2.45, 2.75) is 0 Å². The summed E-state index contributed by atoms with van der Waals surface area (Å²) in [4.78, 5) is 0. The summed E-state index contributed by atoms with van der Waals surface area (Å²) in [5.41, 5.74) is 0. The second kappa shape index (κ2) is 3.97. The third-order valence-electron chi connectivity index (χ3n) is 0.0556. The number of hydrogen-bond acceptors (Lipinski definition) is 2. The molecule has 0 aliphatic heterocycles. The van der Waals surface area contributed by atoms with Crippen LogP contribution >= 0.6 is 7.57 Å². The molecule has 0 saturated heterocycles. The molecule has 0 aromatic rings. The van der Waals surface area contributed by atoms with Crippen LogP contribution in [0.25, 0.3) is 0 Å². The molecule has 1 unspecified atom stereocenters. The molecular formula is H5N2PRh. The van der Waals surface area contributed by atoms with Crippen LogP contribution in [0.3, 0.4) is 0 Å². The molecule has 4 heteroatoms. The van der Waals surface area contributed by atoms with Gasteiger partial charge in [-0.05, 0) is 0 Å². The quantitative estimate of drug-likeness (QED) is 0.233. The van der Waals surface area contributed by atoms with Gasteiger partial charge in [-0.2, -0.15) is 0 Å². The monoisotopic (exact) mass is 167 g/mol. The molecule has 0 aliphatic rings. The van der Waals surface area contributed by atoms with Crippen LogP contribution in [0.15, 0.2) is 0 Å². The van der Waals surface area contributed by atoms with E-state index in [1.54, 1.807) is 0 Å². The van der Waals surface area contributed by atoms with E-state index in [0.29, 0.717) is 16.9 Å². The summed E-state index contributed by atoms with van der Waals surface area (Å²) >= 11 is 0.313. The number of nitrogens with two attached hydrogens (primary N) is 1. The van der Waals surface area contributed by atoms with Crippen LogP contribution in [0.4, 0.5) is 0 Å². The molecule has 2 nitrogen and oxygen atoms in total. The Hall–Kier alpha value is 0.973. The van der Waals surface area contributed by atoms with Crippen LogP contribution in [0, 0.1) is 0 Å². The Bertz CT molecular complexity index is 8.00. The van der Waals surface area contributed by atoms with E-state index in [1.165, 1.54) is 0 Å². The number of hydrazine groups is 1. The van der Waals surface area contributed by atoms with Crippen LogP contribution in [-0.4, -0.2) is 0 Å². The molecular weight excluding hydrogens is 162 g/mol. The first-order chi connectivity index (χ1) is 1.91. The number of hydrogen-bond donors (Lipinski definition) is 2. The molecule has 0 aromatic carbocycles. The summed E-state index contributed by atoms with van der Waals surface area (Å²) in [5, 5.41) is 0. The summed E-state index contributed by atoms with van der Waals surface area (Å²) in [7, 11) is 2.49. The zero-order valence-corrected chi connectivity index (χ0v) is 4.78. The van der Waals surface area contributed by atoms with E-state index in [-0.39, 0.29) is 0 Å². The maximum absolute atomic E-state index is 4.79. The fraction of sp³-hybridized carbons (Fsp3) is 0. The Morgan fingerprint density at radius 1 is 2.00 bits per heavy atom. The molecule has 0 heterocycles. The Morgan fingerprint density at radius 2 is 2.25 bits per heavy atom. The first-order valence-corrected chi connectivity index (χ1v) is 4.69. The predicted octanol–water partition coefficient (Wildman–Crippen LogP) is -0.763. The molecule has 0 aromatic heterocycles. The van der Waals surface area contributed by atoms with Crippen molar-refractivity contribution in [3.63, 3.8) is 0 Å². The number of nitrogens with one attached hydrogen (secondary N) is 1. The van der Waals surface area contributed by atoms with Crippen molar-refractivity contribution in [1.82, 2.24) is 4.17 Å². The normalized spacial score (nSPS) is 8.50. The van der Waals surface area contributed by atoms with Gasteiger partial charge in [-0.15, -0.1) is 0 Å². The van der Waals surface area contributed by atoms with Gasteiger partial charge in [0.1, 0.15) is 0 Å². The van der Waals surface area contributed by atoms with Gasteiger partial charge in [0, 0.05) is 0 Å².